The largest absolute Gasteiger partial charge is 0.497 e. The highest BCUT2D eigenvalue weighted by atomic mass is 16.6. The van der Waals surface area contributed by atoms with E-state index in [4.69, 9.17) is 23.7 Å². The molecule has 0 radical (unpaired) electrons. The topological polar surface area (TPSA) is 146 Å². The molecule has 14 heteroatoms. The summed E-state index contributed by atoms with van der Waals surface area (Å²) in [5.74, 6) is 1.49. The molecular formula is C42H41N7O7. The van der Waals surface area contributed by atoms with E-state index in [0.29, 0.717) is 11.5 Å². The first kappa shape index (κ1) is 36.5. The molecular weight excluding hydrogens is 715 g/mol. The summed E-state index contributed by atoms with van der Waals surface area (Å²) in [6, 6.07) is 34.6. The highest BCUT2D eigenvalue weighted by molar-refractivity contribution is 5.73. The molecule has 0 saturated carbocycles. The van der Waals surface area contributed by atoms with Crippen LogP contribution < -0.4 is 15.0 Å². The third kappa shape index (κ3) is 6.73. The second-order valence-electron chi connectivity index (χ2n) is 13.8. The lowest BCUT2D eigenvalue weighted by molar-refractivity contribution is -0.0963. The molecule has 0 bridgehead atoms. The summed E-state index contributed by atoms with van der Waals surface area (Å²) in [6.45, 7) is 0.297. The van der Waals surface area contributed by atoms with Gasteiger partial charge < -0.3 is 28.6 Å². The number of aromatic nitrogens is 4. The maximum Gasteiger partial charge on any atom is 0.411 e. The van der Waals surface area contributed by atoms with Crippen molar-refractivity contribution in [3.8, 4) is 11.5 Å². The Morgan fingerprint density at radius 2 is 1.46 bits per heavy atom. The normalized spacial score (nSPS) is 19.4. The van der Waals surface area contributed by atoms with E-state index in [0.717, 1.165) is 22.3 Å². The first-order valence-electron chi connectivity index (χ1n) is 18.1. The number of amides is 1. The zero-order chi connectivity index (χ0) is 38.8. The Morgan fingerprint density at radius 1 is 0.857 bits per heavy atom. The van der Waals surface area contributed by atoms with Crippen molar-refractivity contribution in [3.05, 3.63) is 148 Å². The number of hydrogen-bond donors (Lipinski definition) is 1. The molecule has 0 unspecified atom stereocenters. The van der Waals surface area contributed by atoms with E-state index >= 15 is 0 Å². The van der Waals surface area contributed by atoms with Gasteiger partial charge in [0, 0.05) is 20.6 Å². The van der Waals surface area contributed by atoms with Crippen molar-refractivity contribution >= 4 is 29.5 Å². The molecule has 8 rings (SSSR count). The highest BCUT2D eigenvalue weighted by Gasteiger charge is 2.58. The van der Waals surface area contributed by atoms with Crippen LogP contribution in [0.4, 0.5) is 10.7 Å². The number of H-pyrrole nitrogens is 1. The van der Waals surface area contributed by atoms with Crippen LogP contribution in [0.15, 0.2) is 125 Å². The number of benzene rings is 4. The first-order valence-corrected chi connectivity index (χ1v) is 18.1. The molecule has 2 fully saturated rings. The van der Waals surface area contributed by atoms with Crippen LogP contribution in [-0.2, 0) is 26.4 Å². The number of nitrogens with zero attached hydrogens (tertiary/aromatic N) is 6. The molecule has 2 aliphatic heterocycles. The Labute approximate surface area is 322 Å². The Bertz CT molecular complexity index is 2340. The molecule has 1 N–H and O–H groups in total. The van der Waals surface area contributed by atoms with Gasteiger partial charge >= 0.3 is 6.09 Å². The summed E-state index contributed by atoms with van der Waals surface area (Å²) in [7, 11) is 6.88. The van der Waals surface area contributed by atoms with Crippen LogP contribution in [0.25, 0.3) is 11.2 Å². The summed E-state index contributed by atoms with van der Waals surface area (Å²) in [4.78, 5) is 46.4. The zero-order valence-electron chi connectivity index (χ0n) is 31.3. The number of carbonyl (C=O) groups excluding carboxylic acids is 1. The van der Waals surface area contributed by atoms with Crippen molar-refractivity contribution in [1.29, 1.82) is 0 Å². The minimum absolute atomic E-state index is 0.0194. The fraction of sp³-hybridized carbons (Fsp3) is 0.262. The van der Waals surface area contributed by atoms with Gasteiger partial charge in [-0.05, 0) is 46.5 Å². The smallest absolute Gasteiger partial charge is 0.411 e. The quantitative estimate of drug-likeness (QED) is 0.0892. The summed E-state index contributed by atoms with van der Waals surface area (Å²) >= 11 is 0. The Morgan fingerprint density at radius 3 is 2.07 bits per heavy atom. The number of nitrogens with one attached hydrogen (secondary N) is 1. The SMILES string of the molecule is COc1ccc(C(OC[C@H]2O[C@@H](n3cnc4c(=O)[nH]c(N=CN(C)C)nc43)[C@@H]3OC(=O)N(Cc4ccccc4)[C@@H]32)(c2ccccc2)c2ccc(OC)cc2)cc1. The van der Waals surface area contributed by atoms with Crippen LogP contribution in [0, 0.1) is 0 Å². The molecule has 2 saturated heterocycles. The number of methoxy groups -OCH3 is 2. The maximum atomic E-state index is 13.8. The highest BCUT2D eigenvalue weighted by Crippen LogP contribution is 2.45. The number of aliphatic imine (C=N–C) groups is 1. The number of aromatic amines is 1. The molecule has 6 aromatic rings. The van der Waals surface area contributed by atoms with Gasteiger partial charge in [-0.25, -0.2) is 14.8 Å². The predicted molar refractivity (Wildman–Crippen MR) is 208 cm³/mol. The van der Waals surface area contributed by atoms with Gasteiger partial charge in [0.25, 0.3) is 5.56 Å². The van der Waals surface area contributed by atoms with Crippen LogP contribution in [0.5, 0.6) is 11.5 Å². The summed E-state index contributed by atoms with van der Waals surface area (Å²) in [5.41, 5.74) is 2.20. The van der Waals surface area contributed by atoms with Crippen molar-refractivity contribution in [2.45, 2.75) is 36.6 Å². The lowest BCUT2D eigenvalue weighted by Gasteiger charge is -2.37. The van der Waals surface area contributed by atoms with Crippen molar-refractivity contribution < 1.29 is 28.5 Å². The number of hydrogen-bond acceptors (Lipinski definition) is 10. The number of imidazole rings is 1. The Hall–Kier alpha value is -6.51. The minimum atomic E-state index is -1.15. The molecule has 56 heavy (non-hydrogen) atoms. The van der Waals surface area contributed by atoms with Crippen LogP contribution in [-0.4, -0.2) is 94.9 Å². The van der Waals surface area contributed by atoms with Gasteiger partial charge in [0.1, 0.15) is 29.2 Å². The van der Waals surface area contributed by atoms with E-state index in [1.165, 1.54) is 12.7 Å². The molecule has 0 aliphatic carbocycles. The van der Waals surface area contributed by atoms with E-state index in [9.17, 15) is 9.59 Å². The molecule has 14 nitrogen and oxygen atoms in total. The summed E-state index contributed by atoms with van der Waals surface area (Å²) in [6.07, 6.45) is 0.0919. The Kier molecular flexibility index (Phi) is 9.98. The summed E-state index contributed by atoms with van der Waals surface area (Å²) in [5, 5.41) is 0. The van der Waals surface area contributed by atoms with Crippen molar-refractivity contribution in [3.63, 3.8) is 0 Å². The van der Waals surface area contributed by atoms with Gasteiger partial charge in [-0.3, -0.25) is 19.2 Å². The fourth-order valence-corrected chi connectivity index (χ4v) is 7.45. The number of ether oxygens (including phenoxy) is 5. The zero-order valence-corrected chi connectivity index (χ0v) is 31.3. The van der Waals surface area contributed by atoms with Gasteiger partial charge in [0.05, 0.1) is 33.5 Å². The van der Waals surface area contributed by atoms with Gasteiger partial charge in [-0.2, -0.15) is 4.98 Å². The molecule has 4 aromatic carbocycles. The molecule has 2 aliphatic rings. The molecule has 0 spiro atoms. The lowest BCUT2D eigenvalue weighted by atomic mass is 9.80. The minimum Gasteiger partial charge on any atom is -0.497 e. The lowest BCUT2D eigenvalue weighted by Crippen LogP contribution is -2.45. The van der Waals surface area contributed by atoms with E-state index in [1.807, 2.05) is 123 Å². The van der Waals surface area contributed by atoms with Crippen LogP contribution in [0.2, 0.25) is 0 Å². The van der Waals surface area contributed by atoms with Crippen LogP contribution in [0.1, 0.15) is 28.5 Å². The molecule has 4 heterocycles. The predicted octanol–water partition coefficient (Wildman–Crippen LogP) is 5.65. The monoisotopic (exact) mass is 755 g/mol. The van der Waals surface area contributed by atoms with E-state index in [2.05, 4.69) is 19.9 Å². The molecule has 2 aromatic heterocycles. The van der Waals surface area contributed by atoms with E-state index < -0.39 is 41.7 Å². The second kappa shape index (κ2) is 15.3. The van der Waals surface area contributed by atoms with Gasteiger partial charge in [0.2, 0.25) is 5.95 Å². The first-order chi connectivity index (χ1) is 27.3. The van der Waals surface area contributed by atoms with Gasteiger partial charge in [-0.1, -0.05) is 84.9 Å². The average Bonchev–Trinajstić information content (AvgIpc) is 3.91. The van der Waals surface area contributed by atoms with E-state index in [-0.39, 0.29) is 30.3 Å². The Balaban J connectivity index is 1.23. The van der Waals surface area contributed by atoms with Crippen LogP contribution in [0.3, 0.4) is 0 Å². The number of carbonyl (C=O) groups is 1. The van der Waals surface area contributed by atoms with Gasteiger partial charge in [0.15, 0.2) is 23.5 Å². The summed E-state index contributed by atoms with van der Waals surface area (Å²) < 4.78 is 33.0. The average molecular weight is 756 g/mol. The maximum absolute atomic E-state index is 13.8. The molecule has 286 valence electrons. The second-order valence-corrected chi connectivity index (χ2v) is 13.8. The van der Waals surface area contributed by atoms with Crippen molar-refractivity contribution in [2.75, 3.05) is 34.9 Å². The van der Waals surface area contributed by atoms with Gasteiger partial charge in [-0.15, -0.1) is 0 Å². The molecule has 4 atom stereocenters. The molecule has 1 amide bonds. The standard InChI is InChI=1S/C42H41N7O7/c1-47(2)25-44-40-45-37-34(38(50)46-40)43-26-49(37)39-36-35(48(41(51)56-36)23-27-11-7-5-8-12-27)33(55-39)24-54-42(28-13-9-6-10-14-28,29-15-19-31(52-3)20-16-29)30-17-21-32(53-4)22-18-30/h5-22,25-26,33,35-36,39H,23-24H2,1-4H3,(H,45,46,50)/t33-,35-,36-,39-/m1/s1. The third-order valence-electron chi connectivity index (χ3n) is 10.1. The fourth-order valence-electron chi connectivity index (χ4n) is 7.45. The van der Waals surface area contributed by atoms with Crippen LogP contribution >= 0.6 is 0 Å². The van der Waals surface area contributed by atoms with Crippen molar-refractivity contribution in [2.24, 2.45) is 4.99 Å². The van der Waals surface area contributed by atoms with E-state index in [1.54, 1.807) is 28.6 Å². The number of rotatable bonds is 13. The van der Waals surface area contributed by atoms with Crippen molar-refractivity contribution in [1.82, 2.24) is 29.3 Å². The number of fused-ring (bicyclic) bond motifs is 2. The third-order valence-corrected chi connectivity index (χ3v) is 10.1.